The van der Waals surface area contributed by atoms with Crippen molar-refractivity contribution in [3.63, 3.8) is 0 Å². The molecule has 1 unspecified atom stereocenters. The second-order valence-corrected chi connectivity index (χ2v) is 6.37. The summed E-state index contributed by atoms with van der Waals surface area (Å²) in [6.45, 7) is 4.26. The number of esters is 1. The lowest BCUT2D eigenvalue weighted by Gasteiger charge is -2.08. The zero-order valence-corrected chi connectivity index (χ0v) is 15.4. The largest absolute Gasteiger partial charge is 0.463 e. The van der Waals surface area contributed by atoms with Gasteiger partial charge in [-0.05, 0) is 38.5 Å². The Morgan fingerprint density at radius 1 is 0.913 bits per heavy atom. The van der Waals surface area contributed by atoms with Gasteiger partial charge in [-0.1, -0.05) is 64.5 Å². The van der Waals surface area contributed by atoms with Crippen molar-refractivity contribution < 1.29 is 14.6 Å². The molecule has 3 nitrogen and oxygen atoms in total. The molecule has 0 aliphatic rings. The first-order chi connectivity index (χ1) is 11.2. The highest BCUT2D eigenvalue weighted by atomic mass is 16.5. The molecule has 0 heterocycles. The predicted octanol–water partition coefficient (Wildman–Crippen LogP) is 5.56. The molecular formula is C20H38O3. The number of carbonyl (C=O) groups is 1. The normalized spacial score (nSPS) is 12.7. The summed E-state index contributed by atoms with van der Waals surface area (Å²) < 4.78 is 5.00. The number of rotatable bonds is 16. The van der Waals surface area contributed by atoms with Crippen molar-refractivity contribution in [1.82, 2.24) is 0 Å². The van der Waals surface area contributed by atoms with Gasteiger partial charge in [0.15, 0.2) is 0 Å². The van der Waals surface area contributed by atoms with E-state index in [-0.39, 0.29) is 12.6 Å². The zero-order valence-electron chi connectivity index (χ0n) is 15.4. The molecule has 0 saturated carbocycles. The van der Waals surface area contributed by atoms with Crippen LogP contribution in [0, 0.1) is 0 Å². The van der Waals surface area contributed by atoms with Gasteiger partial charge in [-0.15, -0.1) is 0 Å². The molecule has 0 aromatic carbocycles. The molecule has 0 aliphatic heterocycles. The topological polar surface area (TPSA) is 46.5 Å². The number of allylic oxidation sites excluding steroid dienone is 2. The van der Waals surface area contributed by atoms with E-state index >= 15 is 0 Å². The molecule has 1 atom stereocenters. The van der Waals surface area contributed by atoms with Crippen molar-refractivity contribution in [2.24, 2.45) is 0 Å². The monoisotopic (exact) mass is 326 g/mol. The fraction of sp³-hybridized carbons (Fsp3) is 0.850. The lowest BCUT2D eigenvalue weighted by molar-refractivity contribution is -0.146. The van der Waals surface area contributed by atoms with E-state index in [0.29, 0.717) is 12.8 Å². The van der Waals surface area contributed by atoms with E-state index in [2.05, 4.69) is 19.1 Å². The van der Waals surface area contributed by atoms with E-state index < -0.39 is 6.10 Å². The van der Waals surface area contributed by atoms with E-state index in [1.54, 1.807) is 0 Å². The standard InChI is InChI=1S/C20H38O3/c1-3-5-6-7-8-9-10-11-12-13-14-15-16-17-20(22)23-18-19(21)4-2/h9-10,19,21H,3-8,11-18H2,1-2H3/b10-9-. The first-order valence-corrected chi connectivity index (χ1v) is 9.69. The van der Waals surface area contributed by atoms with Gasteiger partial charge in [0.1, 0.15) is 6.61 Å². The Bertz CT molecular complexity index is 287. The summed E-state index contributed by atoms with van der Waals surface area (Å²) in [5.41, 5.74) is 0. The van der Waals surface area contributed by atoms with Crippen LogP contribution >= 0.6 is 0 Å². The van der Waals surface area contributed by atoms with Crippen LogP contribution in [0.3, 0.4) is 0 Å². The molecule has 0 radical (unpaired) electrons. The number of aliphatic hydroxyl groups is 1. The van der Waals surface area contributed by atoms with E-state index in [0.717, 1.165) is 12.8 Å². The molecule has 0 fully saturated rings. The number of carbonyl (C=O) groups excluding carboxylic acids is 1. The van der Waals surface area contributed by atoms with Crippen molar-refractivity contribution in [2.45, 2.75) is 103 Å². The van der Waals surface area contributed by atoms with E-state index in [1.807, 2.05) is 6.92 Å². The van der Waals surface area contributed by atoms with E-state index in [1.165, 1.54) is 57.8 Å². The van der Waals surface area contributed by atoms with Crippen LogP contribution in [0.5, 0.6) is 0 Å². The highest BCUT2D eigenvalue weighted by Crippen LogP contribution is 2.09. The number of hydrogen-bond donors (Lipinski definition) is 1. The van der Waals surface area contributed by atoms with Crippen LogP contribution in [0.25, 0.3) is 0 Å². The summed E-state index contributed by atoms with van der Waals surface area (Å²) in [6.07, 6.45) is 18.7. The molecule has 136 valence electrons. The summed E-state index contributed by atoms with van der Waals surface area (Å²) in [4.78, 5) is 11.4. The maximum atomic E-state index is 11.4. The molecule has 0 spiro atoms. The lowest BCUT2D eigenvalue weighted by atomic mass is 10.1. The molecular weight excluding hydrogens is 288 g/mol. The van der Waals surface area contributed by atoms with Gasteiger partial charge in [0.2, 0.25) is 0 Å². The SMILES string of the molecule is CCCCCC/C=C\CCCCCCCC(=O)OCC(O)CC. The molecule has 0 rings (SSSR count). The minimum Gasteiger partial charge on any atom is -0.463 e. The number of aliphatic hydroxyl groups excluding tert-OH is 1. The zero-order chi connectivity index (χ0) is 17.2. The predicted molar refractivity (Wildman–Crippen MR) is 97.5 cm³/mol. The summed E-state index contributed by atoms with van der Waals surface area (Å²) >= 11 is 0. The number of unbranched alkanes of at least 4 members (excludes halogenated alkanes) is 9. The molecule has 3 heteroatoms. The van der Waals surface area contributed by atoms with Crippen molar-refractivity contribution in [3.05, 3.63) is 12.2 Å². The van der Waals surface area contributed by atoms with Gasteiger partial charge in [0.25, 0.3) is 0 Å². The maximum Gasteiger partial charge on any atom is 0.305 e. The number of hydrogen-bond acceptors (Lipinski definition) is 3. The van der Waals surface area contributed by atoms with Crippen molar-refractivity contribution >= 4 is 5.97 Å². The van der Waals surface area contributed by atoms with Crippen molar-refractivity contribution in [1.29, 1.82) is 0 Å². The van der Waals surface area contributed by atoms with Gasteiger partial charge < -0.3 is 9.84 Å². The molecule has 0 aliphatic carbocycles. The summed E-state index contributed by atoms with van der Waals surface area (Å²) in [5.74, 6) is -0.177. The average Bonchev–Trinajstić information content (AvgIpc) is 2.56. The Labute approximate surface area is 143 Å². The van der Waals surface area contributed by atoms with Crippen LogP contribution in [0.15, 0.2) is 12.2 Å². The fourth-order valence-electron chi connectivity index (χ4n) is 2.37. The van der Waals surface area contributed by atoms with Crippen LogP contribution in [0.4, 0.5) is 0 Å². The smallest absolute Gasteiger partial charge is 0.305 e. The second kappa shape index (κ2) is 17.5. The van der Waals surface area contributed by atoms with Gasteiger partial charge in [-0.3, -0.25) is 4.79 Å². The Morgan fingerprint density at radius 2 is 1.48 bits per heavy atom. The van der Waals surface area contributed by atoms with Gasteiger partial charge in [-0.2, -0.15) is 0 Å². The molecule has 1 N–H and O–H groups in total. The van der Waals surface area contributed by atoms with Crippen LogP contribution in [-0.2, 0) is 9.53 Å². The third-order valence-electron chi connectivity index (χ3n) is 4.05. The van der Waals surface area contributed by atoms with Gasteiger partial charge in [-0.25, -0.2) is 0 Å². The molecule has 0 amide bonds. The minimum absolute atomic E-state index is 0.139. The minimum atomic E-state index is -0.515. The lowest BCUT2D eigenvalue weighted by Crippen LogP contribution is -2.17. The van der Waals surface area contributed by atoms with Crippen LogP contribution in [0.1, 0.15) is 97.3 Å². The first kappa shape index (κ1) is 22.2. The Kier molecular flexibility index (Phi) is 16.9. The Morgan fingerprint density at radius 3 is 2.09 bits per heavy atom. The molecule has 0 bridgehead atoms. The Balaban J connectivity index is 3.24. The highest BCUT2D eigenvalue weighted by molar-refractivity contribution is 5.69. The third kappa shape index (κ3) is 17.4. The molecule has 0 saturated heterocycles. The highest BCUT2D eigenvalue weighted by Gasteiger charge is 2.06. The van der Waals surface area contributed by atoms with Gasteiger partial charge in [0.05, 0.1) is 6.10 Å². The summed E-state index contributed by atoms with van der Waals surface area (Å²) in [7, 11) is 0. The fourth-order valence-corrected chi connectivity index (χ4v) is 2.37. The van der Waals surface area contributed by atoms with E-state index in [9.17, 15) is 9.90 Å². The Hall–Kier alpha value is -0.830. The van der Waals surface area contributed by atoms with Crippen LogP contribution < -0.4 is 0 Å². The van der Waals surface area contributed by atoms with E-state index in [4.69, 9.17) is 4.74 Å². The number of ether oxygens (including phenoxy) is 1. The molecule has 0 aromatic heterocycles. The average molecular weight is 327 g/mol. The third-order valence-corrected chi connectivity index (χ3v) is 4.05. The van der Waals surface area contributed by atoms with Crippen LogP contribution in [0.2, 0.25) is 0 Å². The van der Waals surface area contributed by atoms with Crippen molar-refractivity contribution in [3.8, 4) is 0 Å². The first-order valence-electron chi connectivity index (χ1n) is 9.69. The van der Waals surface area contributed by atoms with Gasteiger partial charge in [0, 0.05) is 6.42 Å². The quantitative estimate of drug-likeness (QED) is 0.229. The van der Waals surface area contributed by atoms with Crippen LogP contribution in [-0.4, -0.2) is 23.8 Å². The maximum absolute atomic E-state index is 11.4. The summed E-state index contributed by atoms with van der Waals surface area (Å²) in [5, 5.41) is 9.31. The molecule has 23 heavy (non-hydrogen) atoms. The summed E-state index contributed by atoms with van der Waals surface area (Å²) in [6, 6.07) is 0. The second-order valence-electron chi connectivity index (χ2n) is 6.37. The van der Waals surface area contributed by atoms with Crippen molar-refractivity contribution in [2.75, 3.05) is 6.61 Å². The van der Waals surface area contributed by atoms with Gasteiger partial charge >= 0.3 is 5.97 Å². The molecule has 0 aromatic rings.